The van der Waals surface area contributed by atoms with E-state index in [0.29, 0.717) is 29.4 Å². The average molecular weight is 511 g/mol. The molecule has 33 heavy (non-hydrogen) atoms. The maximum atomic E-state index is 11.1. The Bertz CT molecular complexity index is 1260. The number of benzene rings is 1. The third-order valence-corrected chi connectivity index (χ3v) is 8.71. The van der Waals surface area contributed by atoms with Gasteiger partial charge in [-0.05, 0) is 70.1 Å². The second-order valence-electron chi connectivity index (χ2n) is 9.72. The lowest BCUT2D eigenvalue weighted by Crippen LogP contribution is -2.43. The van der Waals surface area contributed by atoms with Crippen LogP contribution >= 0.6 is 15.9 Å². The van der Waals surface area contributed by atoms with Crippen LogP contribution in [-0.2, 0) is 6.42 Å². The molecule has 0 unspecified atom stereocenters. The Kier molecular flexibility index (Phi) is 4.80. The Balaban J connectivity index is 1.25. The second-order valence-corrected chi connectivity index (χ2v) is 10.6. The predicted octanol–water partition coefficient (Wildman–Crippen LogP) is 2.47. The summed E-state index contributed by atoms with van der Waals surface area (Å²) in [5, 5.41) is 23.1. The van der Waals surface area contributed by atoms with Crippen molar-refractivity contribution >= 4 is 44.3 Å². The van der Waals surface area contributed by atoms with Gasteiger partial charge in [-0.1, -0.05) is 19.1 Å². The highest BCUT2D eigenvalue weighted by atomic mass is 79.9. The SMILES string of the molecule is C[C@H]1[C@@H](c2ccc3cc(Br)c(N)nc3c2)[C@H]1[C@H]1C[C@@H](N2CCc3c(N)ncnc32)[C@H](O)[C@@H]1O. The monoisotopic (exact) mass is 510 g/mol. The summed E-state index contributed by atoms with van der Waals surface area (Å²) in [7, 11) is 0. The Labute approximate surface area is 200 Å². The van der Waals surface area contributed by atoms with Gasteiger partial charge in [-0.15, -0.1) is 0 Å². The fourth-order valence-corrected chi connectivity index (χ4v) is 6.69. The molecule has 172 valence electrons. The van der Waals surface area contributed by atoms with E-state index in [1.807, 2.05) is 6.07 Å². The molecule has 2 fully saturated rings. The highest BCUT2D eigenvalue weighted by Gasteiger charge is 2.59. The highest BCUT2D eigenvalue weighted by Crippen LogP contribution is 2.61. The number of aromatic nitrogens is 3. The Morgan fingerprint density at radius 1 is 1.09 bits per heavy atom. The molecule has 3 aliphatic rings. The van der Waals surface area contributed by atoms with E-state index in [1.165, 1.54) is 11.9 Å². The van der Waals surface area contributed by atoms with Gasteiger partial charge in [0.1, 0.15) is 29.9 Å². The molecule has 7 atom stereocenters. The number of fused-ring (bicyclic) bond motifs is 2. The molecule has 0 bridgehead atoms. The van der Waals surface area contributed by atoms with E-state index in [-0.39, 0.29) is 12.0 Å². The molecule has 6 rings (SSSR count). The maximum Gasteiger partial charge on any atom is 0.138 e. The number of hydrogen-bond acceptors (Lipinski definition) is 8. The Morgan fingerprint density at radius 3 is 2.73 bits per heavy atom. The molecule has 1 aliphatic heterocycles. The molecule has 6 N–H and O–H groups in total. The first kappa shape index (κ1) is 21.1. The summed E-state index contributed by atoms with van der Waals surface area (Å²) in [5.74, 6) is 2.85. The number of rotatable bonds is 3. The van der Waals surface area contributed by atoms with Gasteiger partial charge in [-0.3, -0.25) is 0 Å². The Morgan fingerprint density at radius 2 is 1.91 bits per heavy atom. The quantitative estimate of drug-likeness (QED) is 0.422. The van der Waals surface area contributed by atoms with Crippen LogP contribution in [0.25, 0.3) is 10.9 Å². The minimum atomic E-state index is -0.819. The molecular formula is C24H27BrN6O2. The zero-order valence-corrected chi connectivity index (χ0v) is 19.9. The molecule has 2 aromatic heterocycles. The summed E-state index contributed by atoms with van der Waals surface area (Å²) in [4.78, 5) is 15.2. The number of nitrogens with zero attached hydrogens (tertiary/aromatic N) is 4. The Hall–Kier alpha value is -2.49. The van der Waals surface area contributed by atoms with E-state index in [4.69, 9.17) is 11.5 Å². The number of aliphatic hydroxyl groups excluding tert-OH is 2. The van der Waals surface area contributed by atoms with E-state index < -0.39 is 12.2 Å². The van der Waals surface area contributed by atoms with E-state index >= 15 is 0 Å². The fourth-order valence-electron chi connectivity index (χ4n) is 6.36. The molecule has 3 aromatic rings. The number of aliphatic hydroxyl groups is 2. The molecular weight excluding hydrogens is 484 g/mol. The van der Waals surface area contributed by atoms with Crippen LogP contribution in [0.2, 0.25) is 0 Å². The first-order valence-electron chi connectivity index (χ1n) is 11.4. The standard InChI is InChI=1S/C24H27BrN6O2/c1-10-18(12-3-2-11-6-15(25)23(27)30-16(11)7-12)19(10)14-8-17(21(33)20(14)32)31-5-4-13-22(26)28-9-29-24(13)31/h2-3,6-7,9-10,14,17-21,32-33H,4-5,8H2,1H3,(H2,27,30)(H2,26,28,29)/t10-,14+,17+,18-,19+,20+,21-/m0/s1. The third-order valence-electron chi connectivity index (χ3n) is 8.08. The molecule has 1 aromatic carbocycles. The average Bonchev–Trinajstić information content (AvgIpc) is 3.11. The largest absolute Gasteiger partial charge is 0.390 e. The van der Waals surface area contributed by atoms with Crippen molar-refractivity contribution in [1.82, 2.24) is 15.0 Å². The number of hydrogen-bond donors (Lipinski definition) is 4. The zero-order valence-electron chi connectivity index (χ0n) is 18.3. The molecule has 0 saturated heterocycles. The van der Waals surface area contributed by atoms with Crippen molar-refractivity contribution in [2.75, 3.05) is 22.9 Å². The lowest BCUT2D eigenvalue weighted by molar-refractivity contribution is 0.00894. The summed E-state index contributed by atoms with van der Waals surface area (Å²) in [6.45, 7) is 2.96. The van der Waals surface area contributed by atoms with Crippen LogP contribution in [0.4, 0.5) is 17.5 Å². The summed E-state index contributed by atoms with van der Waals surface area (Å²) < 4.78 is 0.796. The zero-order chi connectivity index (χ0) is 23.0. The number of nitrogens with two attached hydrogens (primary N) is 2. The topological polar surface area (TPSA) is 134 Å². The van der Waals surface area contributed by atoms with Crippen molar-refractivity contribution in [2.45, 2.75) is 43.9 Å². The molecule has 3 heterocycles. The van der Waals surface area contributed by atoms with Crippen molar-refractivity contribution < 1.29 is 10.2 Å². The van der Waals surface area contributed by atoms with Gasteiger partial charge in [0, 0.05) is 17.5 Å². The van der Waals surface area contributed by atoms with E-state index in [9.17, 15) is 10.2 Å². The summed E-state index contributed by atoms with van der Waals surface area (Å²) in [6.07, 6.45) is 1.38. The van der Waals surface area contributed by atoms with Gasteiger partial charge in [0.05, 0.1) is 22.1 Å². The van der Waals surface area contributed by atoms with E-state index in [2.05, 4.69) is 60.9 Å². The summed E-state index contributed by atoms with van der Waals surface area (Å²) >= 11 is 3.44. The lowest BCUT2D eigenvalue weighted by Gasteiger charge is -2.28. The molecule has 0 amide bonds. The van der Waals surface area contributed by atoms with Gasteiger partial charge in [-0.2, -0.15) is 0 Å². The summed E-state index contributed by atoms with van der Waals surface area (Å²) in [6, 6.07) is 8.16. The van der Waals surface area contributed by atoms with Crippen LogP contribution in [-0.4, -0.2) is 50.0 Å². The molecule has 8 nitrogen and oxygen atoms in total. The molecule has 2 saturated carbocycles. The number of anilines is 3. The smallest absolute Gasteiger partial charge is 0.138 e. The van der Waals surface area contributed by atoms with Crippen LogP contribution < -0.4 is 16.4 Å². The number of halogens is 1. The summed E-state index contributed by atoms with van der Waals surface area (Å²) in [5.41, 5.74) is 15.1. The van der Waals surface area contributed by atoms with Gasteiger partial charge in [0.2, 0.25) is 0 Å². The van der Waals surface area contributed by atoms with Gasteiger partial charge in [0.25, 0.3) is 0 Å². The highest BCUT2D eigenvalue weighted by molar-refractivity contribution is 9.10. The van der Waals surface area contributed by atoms with Gasteiger partial charge in [0.15, 0.2) is 0 Å². The molecule has 2 aliphatic carbocycles. The van der Waals surface area contributed by atoms with Gasteiger partial charge in [-0.25, -0.2) is 15.0 Å². The van der Waals surface area contributed by atoms with Gasteiger partial charge < -0.3 is 26.6 Å². The number of pyridine rings is 1. The van der Waals surface area contributed by atoms with Crippen LogP contribution in [0, 0.1) is 17.8 Å². The lowest BCUT2D eigenvalue weighted by atomic mass is 9.95. The third kappa shape index (κ3) is 3.20. The van der Waals surface area contributed by atoms with Crippen molar-refractivity contribution in [3.05, 3.63) is 46.2 Å². The second kappa shape index (κ2) is 7.51. The van der Waals surface area contributed by atoms with Crippen LogP contribution in [0.3, 0.4) is 0 Å². The van der Waals surface area contributed by atoms with Gasteiger partial charge >= 0.3 is 0 Å². The molecule has 9 heteroatoms. The molecule has 0 spiro atoms. The predicted molar refractivity (Wildman–Crippen MR) is 131 cm³/mol. The first-order valence-corrected chi connectivity index (χ1v) is 12.2. The van der Waals surface area contributed by atoms with Crippen molar-refractivity contribution in [3.8, 4) is 0 Å². The minimum Gasteiger partial charge on any atom is -0.390 e. The number of nitrogen functional groups attached to an aromatic ring is 2. The fraction of sp³-hybridized carbons (Fsp3) is 0.458. The van der Waals surface area contributed by atoms with E-state index in [1.54, 1.807) is 0 Å². The van der Waals surface area contributed by atoms with E-state index in [0.717, 1.165) is 46.1 Å². The van der Waals surface area contributed by atoms with Crippen LogP contribution in [0.15, 0.2) is 35.1 Å². The molecule has 0 radical (unpaired) electrons. The minimum absolute atomic E-state index is 0.0203. The van der Waals surface area contributed by atoms with Crippen molar-refractivity contribution in [3.63, 3.8) is 0 Å². The van der Waals surface area contributed by atoms with Crippen LogP contribution in [0.1, 0.15) is 30.4 Å². The van der Waals surface area contributed by atoms with Crippen molar-refractivity contribution in [1.29, 1.82) is 0 Å². The first-order chi connectivity index (χ1) is 15.8. The van der Waals surface area contributed by atoms with Crippen molar-refractivity contribution in [2.24, 2.45) is 17.8 Å². The maximum absolute atomic E-state index is 11.1. The normalized spacial score (nSPS) is 33.0. The van der Waals surface area contributed by atoms with Crippen LogP contribution in [0.5, 0.6) is 0 Å².